The lowest BCUT2D eigenvalue weighted by atomic mass is 10.1. The summed E-state index contributed by atoms with van der Waals surface area (Å²) in [5, 5.41) is 9.15. The van der Waals surface area contributed by atoms with Gasteiger partial charge in [0.05, 0.1) is 5.56 Å². The minimum atomic E-state index is 0.584. The molecule has 0 N–H and O–H groups in total. The number of fused-ring (bicyclic) bond motifs is 1. The molecular weight excluding hydrogens is 234 g/mol. The molecule has 0 radical (unpaired) electrons. The van der Waals surface area contributed by atoms with E-state index in [1.165, 1.54) is 24.0 Å². The predicted octanol–water partition coefficient (Wildman–Crippen LogP) is 4.15. The Labute approximate surface area is 113 Å². The second-order valence-electron chi connectivity index (χ2n) is 4.95. The molecule has 0 atom stereocenters. The summed E-state index contributed by atoms with van der Waals surface area (Å²) in [7, 11) is 0. The summed E-state index contributed by atoms with van der Waals surface area (Å²) in [4.78, 5) is 0. The zero-order valence-electron chi connectivity index (χ0n) is 10.9. The van der Waals surface area contributed by atoms with Crippen molar-refractivity contribution < 1.29 is 4.74 Å². The van der Waals surface area contributed by atoms with E-state index in [4.69, 9.17) is 10.00 Å². The van der Waals surface area contributed by atoms with Gasteiger partial charge in [-0.15, -0.1) is 0 Å². The molecule has 2 heteroatoms. The van der Waals surface area contributed by atoms with E-state index < -0.39 is 0 Å². The second kappa shape index (κ2) is 4.78. The number of aryl methyl sites for hydroxylation is 3. The van der Waals surface area contributed by atoms with E-state index in [1.54, 1.807) is 6.07 Å². The Balaban J connectivity index is 1.96. The van der Waals surface area contributed by atoms with Crippen molar-refractivity contribution in [3.05, 3.63) is 58.7 Å². The summed E-state index contributed by atoms with van der Waals surface area (Å²) in [6.45, 7) is 1.96. The number of rotatable bonds is 2. The quantitative estimate of drug-likeness (QED) is 0.801. The molecule has 94 valence electrons. The molecule has 1 aliphatic carbocycles. The van der Waals surface area contributed by atoms with Gasteiger partial charge < -0.3 is 4.74 Å². The van der Waals surface area contributed by atoms with Crippen molar-refractivity contribution in [3.8, 4) is 17.6 Å². The molecule has 0 bridgehead atoms. The molecule has 2 nitrogen and oxygen atoms in total. The van der Waals surface area contributed by atoms with Crippen LogP contribution in [0.25, 0.3) is 0 Å². The van der Waals surface area contributed by atoms with Crippen LogP contribution in [0.15, 0.2) is 36.4 Å². The minimum absolute atomic E-state index is 0.584. The van der Waals surface area contributed by atoms with E-state index in [-0.39, 0.29) is 0 Å². The molecule has 0 heterocycles. The minimum Gasteiger partial charge on any atom is -0.456 e. The van der Waals surface area contributed by atoms with E-state index in [9.17, 15) is 0 Å². The van der Waals surface area contributed by atoms with Gasteiger partial charge in [-0.1, -0.05) is 18.2 Å². The molecule has 1 aliphatic rings. The van der Waals surface area contributed by atoms with Crippen molar-refractivity contribution in [1.29, 1.82) is 5.26 Å². The van der Waals surface area contributed by atoms with Crippen LogP contribution in [-0.2, 0) is 12.8 Å². The van der Waals surface area contributed by atoms with Crippen molar-refractivity contribution in [2.75, 3.05) is 0 Å². The van der Waals surface area contributed by atoms with E-state index in [0.717, 1.165) is 17.7 Å². The largest absolute Gasteiger partial charge is 0.456 e. The van der Waals surface area contributed by atoms with Gasteiger partial charge in [-0.05, 0) is 61.1 Å². The second-order valence-corrected chi connectivity index (χ2v) is 4.95. The fraction of sp³-hybridized carbons (Fsp3) is 0.235. The molecule has 19 heavy (non-hydrogen) atoms. The zero-order valence-corrected chi connectivity index (χ0v) is 10.9. The predicted molar refractivity (Wildman–Crippen MR) is 74.4 cm³/mol. The molecule has 0 aromatic heterocycles. The van der Waals surface area contributed by atoms with Gasteiger partial charge in [0.15, 0.2) is 0 Å². The zero-order chi connectivity index (χ0) is 13.2. The monoisotopic (exact) mass is 249 g/mol. The number of hydrogen-bond acceptors (Lipinski definition) is 2. The highest BCUT2D eigenvalue weighted by atomic mass is 16.5. The van der Waals surface area contributed by atoms with E-state index in [0.29, 0.717) is 11.3 Å². The molecule has 3 rings (SSSR count). The van der Waals surface area contributed by atoms with Crippen LogP contribution in [0.3, 0.4) is 0 Å². The smallest absolute Gasteiger partial charge is 0.148 e. The number of benzene rings is 2. The van der Waals surface area contributed by atoms with Gasteiger partial charge in [0.25, 0.3) is 0 Å². The highest BCUT2D eigenvalue weighted by Crippen LogP contribution is 2.32. The highest BCUT2D eigenvalue weighted by molar-refractivity contribution is 5.50. The topological polar surface area (TPSA) is 33.0 Å². The van der Waals surface area contributed by atoms with Crippen LogP contribution in [0.1, 0.15) is 28.7 Å². The van der Waals surface area contributed by atoms with Crippen LogP contribution >= 0.6 is 0 Å². The first-order valence-corrected chi connectivity index (χ1v) is 6.57. The Morgan fingerprint density at radius 3 is 2.79 bits per heavy atom. The maximum absolute atomic E-state index is 9.15. The maximum atomic E-state index is 9.15. The number of hydrogen-bond donors (Lipinski definition) is 0. The number of nitriles is 1. The fourth-order valence-electron chi connectivity index (χ4n) is 2.61. The standard InChI is InChI=1S/C17H15NO/c1-12-4-2-7-15(11-18)17(12)19-16-9-8-13-5-3-6-14(13)10-16/h2,4,7-10H,3,5-6H2,1H3. The average Bonchev–Trinajstić information content (AvgIpc) is 2.88. The van der Waals surface area contributed by atoms with Gasteiger partial charge in [0.1, 0.15) is 17.6 Å². The van der Waals surface area contributed by atoms with E-state index in [2.05, 4.69) is 18.2 Å². The van der Waals surface area contributed by atoms with Gasteiger partial charge in [0.2, 0.25) is 0 Å². The van der Waals surface area contributed by atoms with Gasteiger partial charge in [0, 0.05) is 0 Å². The summed E-state index contributed by atoms with van der Waals surface area (Å²) in [5.74, 6) is 1.49. The van der Waals surface area contributed by atoms with Gasteiger partial charge in [-0.2, -0.15) is 5.26 Å². The number of para-hydroxylation sites is 1. The van der Waals surface area contributed by atoms with Crippen molar-refractivity contribution >= 4 is 0 Å². The van der Waals surface area contributed by atoms with Crippen LogP contribution in [-0.4, -0.2) is 0 Å². The van der Waals surface area contributed by atoms with Crippen LogP contribution < -0.4 is 4.74 Å². The molecule has 0 fully saturated rings. The summed E-state index contributed by atoms with van der Waals surface area (Å²) < 4.78 is 5.93. The summed E-state index contributed by atoms with van der Waals surface area (Å²) in [6.07, 6.45) is 3.53. The average molecular weight is 249 g/mol. The lowest BCUT2D eigenvalue weighted by Crippen LogP contribution is -1.92. The molecule has 0 saturated heterocycles. The summed E-state index contributed by atoms with van der Waals surface area (Å²) >= 11 is 0. The first kappa shape index (κ1) is 11.8. The van der Waals surface area contributed by atoms with E-state index >= 15 is 0 Å². The fourth-order valence-corrected chi connectivity index (χ4v) is 2.61. The lowest BCUT2D eigenvalue weighted by Gasteiger charge is -2.11. The highest BCUT2D eigenvalue weighted by Gasteiger charge is 2.13. The molecule has 0 aliphatic heterocycles. The summed E-state index contributed by atoms with van der Waals surface area (Å²) in [6, 6.07) is 14.1. The molecule has 0 spiro atoms. The Morgan fingerprint density at radius 1 is 1.11 bits per heavy atom. The Hall–Kier alpha value is -2.27. The number of nitrogens with zero attached hydrogens (tertiary/aromatic N) is 1. The molecular formula is C17H15NO. The Kier molecular flexibility index (Phi) is 2.97. The van der Waals surface area contributed by atoms with Crippen molar-refractivity contribution in [3.63, 3.8) is 0 Å². The molecule has 0 amide bonds. The van der Waals surface area contributed by atoms with Crippen LogP contribution in [0.4, 0.5) is 0 Å². The Morgan fingerprint density at radius 2 is 1.95 bits per heavy atom. The third-order valence-corrected chi connectivity index (χ3v) is 3.62. The molecule has 0 saturated carbocycles. The van der Waals surface area contributed by atoms with Crippen molar-refractivity contribution in [2.45, 2.75) is 26.2 Å². The van der Waals surface area contributed by atoms with Gasteiger partial charge in [-0.25, -0.2) is 0 Å². The SMILES string of the molecule is Cc1cccc(C#N)c1Oc1ccc2c(c1)CCC2. The van der Waals surface area contributed by atoms with E-state index in [1.807, 2.05) is 25.1 Å². The van der Waals surface area contributed by atoms with Crippen LogP contribution in [0, 0.1) is 18.3 Å². The number of ether oxygens (including phenoxy) is 1. The first-order valence-electron chi connectivity index (χ1n) is 6.57. The third kappa shape index (κ3) is 2.20. The van der Waals surface area contributed by atoms with Crippen LogP contribution in [0.5, 0.6) is 11.5 Å². The van der Waals surface area contributed by atoms with Gasteiger partial charge >= 0.3 is 0 Å². The third-order valence-electron chi connectivity index (χ3n) is 3.62. The Bertz CT molecular complexity index is 667. The maximum Gasteiger partial charge on any atom is 0.148 e. The molecule has 0 unspecified atom stereocenters. The lowest BCUT2D eigenvalue weighted by molar-refractivity contribution is 0.476. The van der Waals surface area contributed by atoms with Crippen LogP contribution in [0.2, 0.25) is 0 Å². The normalized spacial score (nSPS) is 12.8. The molecule has 2 aromatic rings. The van der Waals surface area contributed by atoms with Gasteiger partial charge in [-0.3, -0.25) is 0 Å². The van der Waals surface area contributed by atoms with Crippen molar-refractivity contribution in [1.82, 2.24) is 0 Å². The van der Waals surface area contributed by atoms with Crippen molar-refractivity contribution in [2.24, 2.45) is 0 Å². The summed E-state index contributed by atoms with van der Waals surface area (Å²) in [5.41, 5.74) is 4.38. The molecule has 2 aromatic carbocycles. The first-order chi connectivity index (χ1) is 9.28.